The number of carbonyl (C=O) groups excluding carboxylic acids is 2. The van der Waals surface area contributed by atoms with Gasteiger partial charge in [0.25, 0.3) is 0 Å². The van der Waals surface area contributed by atoms with E-state index in [2.05, 4.69) is 29.6 Å². The minimum absolute atomic E-state index is 0.00617. The molecule has 2 aromatic rings. The van der Waals surface area contributed by atoms with E-state index in [4.69, 9.17) is 4.74 Å². The highest BCUT2D eigenvalue weighted by atomic mass is 16.5. The van der Waals surface area contributed by atoms with Crippen molar-refractivity contribution in [2.24, 2.45) is 5.92 Å². The minimum Gasteiger partial charge on any atom is -0.480 e. The van der Waals surface area contributed by atoms with Gasteiger partial charge in [0.15, 0.2) is 0 Å². The van der Waals surface area contributed by atoms with E-state index >= 15 is 0 Å². The number of rotatable bonds is 9. The van der Waals surface area contributed by atoms with Gasteiger partial charge in [0.1, 0.15) is 19.2 Å². The van der Waals surface area contributed by atoms with Crippen LogP contribution < -0.4 is 5.32 Å². The fraction of sp³-hybridized carbons (Fsp3) is 0.444. The monoisotopic (exact) mass is 464 g/mol. The van der Waals surface area contributed by atoms with Crippen LogP contribution in [-0.2, 0) is 14.3 Å². The quantitative estimate of drug-likeness (QED) is 0.573. The zero-order valence-electron chi connectivity index (χ0n) is 19.7. The summed E-state index contributed by atoms with van der Waals surface area (Å²) in [6.07, 6.45) is 2.61. The fourth-order valence-electron chi connectivity index (χ4n) is 4.92. The molecule has 2 N–H and O–H groups in total. The second-order valence-corrected chi connectivity index (χ2v) is 9.26. The van der Waals surface area contributed by atoms with E-state index in [1.54, 1.807) is 0 Å². The normalized spacial score (nSPS) is 16.5. The topological polar surface area (TPSA) is 95.9 Å². The summed E-state index contributed by atoms with van der Waals surface area (Å²) in [4.78, 5) is 38.9. The zero-order valence-corrected chi connectivity index (χ0v) is 19.7. The van der Waals surface area contributed by atoms with Crippen molar-refractivity contribution < 1.29 is 24.2 Å². The molecule has 2 aliphatic carbocycles. The van der Waals surface area contributed by atoms with Crippen LogP contribution >= 0.6 is 0 Å². The highest BCUT2D eigenvalue weighted by Crippen LogP contribution is 2.44. The van der Waals surface area contributed by atoms with E-state index in [0.29, 0.717) is 6.42 Å². The van der Waals surface area contributed by atoms with Gasteiger partial charge in [0.05, 0.1) is 0 Å². The lowest BCUT2D eigenvalue weighted by Crippen LogP contribution is -2.56. The molecule has 4 rings (SSSR count). The first-order chi connectivity index (χ1) is 16.4. The van der Waals surface area contributed by atoms with E-state index in [-0.39, 0.29) is 36.9 Å². The Morgan fingerprint density at radius 3 is 2.15 bits per heavy atom. The molecule has 34 heavy (non-hydrogen) atoms. The Kier molecular flexibility index (Phi) is 7.20. The first-order valence-electron chi connectivity index (χ1n) is 12.0. The van der Waals surface area contributed by atoms with Crippen molar-refractivity contribution in [1.82, 2.24) is 10.2 Å². The number of carboxylic acids is 1. The van der Waals surface area contributed by atoms with Gasteiger partial charge in [-0.2, -0.15) is 0 Å². The van der Waals surface area contributed by atoms with E-state index in [1.807, 2.05) is 38.1 Å². The number of amides is 2. The minimum atomic E-state index is -1.07. The number of carbonyl (C=O) groups is 3. The lowest BCUT2D eigenvalue weighted by molar-refractivity contribution is -0.148. The van der Waals surface area contributed by atoms with Crippen LogP contribution in [0.1, 0.15) is 56.6 Å². The Morgan fingerprint density at radius 2 is 1.65 bits per heavy atom. The molecule has 180 valence electrons. The summed E-state index contributed by atoms with van der Waals surface area (Å²) < 4.78 is 5.65. The van der Waals surface area contributed by atoms with Gasteiger partial charge < -0.3 is 20.1 Å². The highest BCUT2D eigenvalue weighted by molar-refractivity contribution is 5.89. The van der Waals surface area contributed by atoms with Crippen LogP contribution in [0.3, 0.4) is 0 Å². The molecule has 0 aliphatic heterocycles. The number of ether oxygens (including phenoxy) is 1. The van der Waals surface area contributed by atoms with Crippen molar-refractivity contribution in [3.8, 4) is 11.1 Å². The molecule has 0 saturated heterocycles. The van der Waals surface area contributed by atoms with Gasteiger partial charge in [0, 0.05) is 12.0 Å². The average molecular weight is 465 g/mol. The number of hydrogen-bond acceptors (Lipinski definition) is 4. The molecule has 0 spiro atoms. The summed E-state index contributed by atoms with van der Waals surface area (Å²) in [5.74, 6) is -1.50. The molecule has 2 amide bonds. The molecule has 0 heterocycles. The predicted molar refractivity (Wildman–Crippen MR) is 128 cm³/mol. The fourth-order valence-corrected chi connectivity index (χ4v) is 4.92. The first kappa shape index (κ1) is 23.8. The molecule has 0 radical (unpaired) electrons. The SMILES string of the molecule is CCC(C)N(CC(=O)O)C(=O)C(NC(=O)OCC1c2ccccc2-c2ccccc21)C1CCC1. The molecule has 2 unspecified atom stereocenters. The molecule has 0 bridgehead atoms. The number of nitrogens with one attached hydrogen (secondary N) is 1. The predicted octanol–water partition coefficient (Wildman–Crippen LogP) is 4.41. The second kappa shape index (κ2) is 10.3. The van der Waals surface area contributed by atoms with Crippen molar-refractivity contribution in [2.45, 2.75) is 57.5 Å². The van der Waals surface area contributed by atoms with Crippen LogP contribution in [0.25, 0.3) is 11.1 Å². The summed E-state index contributed by atoms with van der Waals surface area (Å²) in [6.45, 7) is 3.51. The van der Waals surface area contributed by atoms with Crippen LogP contribution in [0.2, 0.25) is 0 Å². The summed E-state index contributed by atoms with van der Waals surface area (Å²) >= 11 is 0. The van der Waals surface area contributed by atoms with Crippen LogP contribution in [0.15, 0.2) is 48.5 Å². The number of nitrogens with zero attached hydrogens (tertiary/aromatic N) is 1. The van der Waals surface area contributed by atoms with E-state index in [9.17, 15) is 19.5 Å². The van der Waals surface area contributed by atoms with Crippen LogP contribution in [-0.4, -0.2) is 53.2 Å². The highest BCUT2D eigenvalue weighted by Gasteiger charge is 2.38. The third-order valence-corrected chi connectivity index (χ3v) is 7.22. The number of alkyl carbamates (subject to hydrolysis) is 1. The van der Waals surface area contributed by atoms with Crippen LogP contribution in [0, 0.1) is 5.92 Å². The molecule has 7 heteroatoms. The maximum atomic E-state index is 13.3. The van der Waals surface area contributed by atoms with Crippen molar-refractivity contribution >= 4 is 18.0 Å². The van der Waals surface area contributed by atoms with E-state index in [1.165, 1.54) is 4.90 Å². The van der Waals surface area contributed by atoms with Crippen LogP contribution in [0.5, 0.6) is 0 Å². The van der Waals surface area contributed by atoms with Gasteiger partial charge >= 0.3 is 12.1 Å². The van der Waals surface area contributed by atoms with Gasteiger partial charge in [-0.3, -0.25) is 9.59 Å². The third kappa shape index (κ3) is 4.79. The zero-order chi connectivity index (χ0) is 24.2. The number of benzene rings is 2. The molecule has 0 aromatic heterocycles. The number of carboxylic acid groups (broad SMARTS) is 1. The lowest BCUT2D eigenvalue weighted by atomic mass is 9.79. The Morgan fingerprint density at radius 1 is 1.06 bits per heavy atom. The molecule has 2 aliphatic rings. The molecule has 1 fully saturated rings. The van der Waals surface area contributed by atoms with E-state index in [0.717, 1.165) is 41.5 Å². The first-order valence-corrected chi connectivity index (χ1v) is 12.0. The standard InChI is InChI=1S/C27H32N2O5/c1-3-17(2)29(15-24(30)31)26(32)25(18-9-8-10-18)28-27(33)34-16-23-21-13-6-4-11-19(21)20-12-5-7-14-22(20)23/h4-7,11-14,17-18,23,25H,3,8-10,15-16H2,1-2H3,(H,28,33)(H,30,31). The summed E-state index contributed by atoms with van der Waals surface area (Å²) in [5.41, 5.74) is 4.53. The van der Waals surface area contributed by atoms with Crippen LogP contribution in [0.4, 0.5) is 4.79 Å². The maximum Gasteiger partial charge on any atom is 0.407 e. The van der Waals surface area contributed by atoms with Gasteiger partial charge in [-0.1, -0.05) is 61.9 Å². The summed E-state index contributed by atoms with van der Waals surface area (Å²) in [7, 11) is 0. The average Bonchev–Trinajstić information content (AvgIpc) is 3.12. The smallest absolute Gasteiger partial charge is 0.407 e. The Hall–Kier alpha value is -3.35. The summed E-state index contributed by atoms with van der Waals surface area (Å²) in [6, 6.07) is 15.2. The Balaban J connectivity index is 1.46. The Labute approximate surface area is 200 Å². The molecular weight excluding hydrogens is 432 g/mol. The molecular formula is C27H32N2O5. The molecule has 2 aromatic carbocycles. The van der Waals surface area contributed by atoms with Gasteiger partial charge in [0.2, 0.25) is 5.91 Å². The van der Waals surface area contributed by atoms with Gasteiger partial charge in [-0.15, -0.1) is 0 Å². The van der Waals surface area contributed by atoms with E-state index < -0.39 is 18.1 Å². The molecule has 2 atom stereocenters. The molecule has 7 nitrogen and oxygen atoms in total. The molecule has 1 saturated carbocycles. The van der Waals surface area contributed by atoms with Crippen molar-refractivity contribution in [1.29, 1.82) is 0 Å². The third-order valence-electron chi connectivity index (χ3n) is 7.22. The maximum absolute atomic E-state index is 13.3. The summed E-state index contributed by atoms with van der Waals surface area (Å²) in [5, 5.41) is 12.1. The number of aliphatic carboxylic acids is 1. The van der Waals surface area contributed by atoms with Gasteiger partial charge in [-0.05, 0) is 54.4 Å². The number of fused-ring (bicyclic) bond motifs is 3. The number of hydrogen-bond donors (Lipinski definition) is 2. The van der Waals surface area contributed by atoms with Crippen molar-refractivity contribution in [3.63, 3.8) is 0 Å². The largest absolute Gasteiger partial charge is 0.480 e. The van der Waals surface area contributed by atoms with Crippen molar-refractivity contribution in [2.75, 3.05) is 13.2 Å². The lowest BCUT2D eigenvalue weighted by Gasteiger charge is -2.37. The Bertz CT molecular complexity index is 1020. The van der Waals surface area contributed by atoms with Gasteiger partial charge in [-0.25, -0.2) is 4.79 Å². The van der Waals surface area contributed by atoms with Crippen molar-refractivity contribution in [3.05, 3.63) is 59.7 Å². The second-order valence-electron chi connectivity index (χ2n) is 9.26.